The molecule has 1 aromatic rings. The monoisotopic (exact) mass is 303 g/mol. The van der Waals surface area contributed by atoms with E-state index in [1.807, 2.05) is 0 Å². The van der Waals surface area contributed by atoms with Crippen LogP contribution in [-0.2, 0) is 9.59 Å². The van der Waals surface area contributed by atoms with Gasteiger partial charge in [0, 0.05) is 6.04 Å². The molecule has 116 valence electrons. The molecule has 0 radical (unpaired) electrons. The van der Waals surface area contributed by atoms with E-state index in [1.165, 1.54) is 18.3 Å². The Morgan fingerprint density at radius 2 is 1.73 bits per heavy atom. The molecule has 1 fully saturated rings. The fourth-order valence-electron chi connectivity index (χ4n) is 2.25. The van der Waals surface area contributed by atoms with Crippen LogP contribution in [0.5, 0.6) is 0 Å². The SMILES string of the molecule is O=C(N/N=C/c1ccc(C(=O)O)cc1)C(=O)NC1CCCC1. The van der Waals surface area contributed by atoms with E-state index in [-0.39, 0.29) is 11.6 Å². The van der Waals surface area contributed by atoms with Gasteiger partial charge in [-0.25, -0.2) is 10.2 Å². The van der Waals surface area contributed by atoms with Gasteiger partial charge in [0.05, 0.1) is 11.8 Å². The number of carbonyl (C=O) groups is 3. The van der Waals surface area contributed by atoms with E-state index >= 15 is 0 Å². The van der Waals surface area contributed by atoms with Gasteiger partial charge in [-0.15, -0.1) is 0 Å². The van der Waals surface area contributed by atoms with E-state index in [4.69, 9.17) is 5.11 Å². The summed E-state index contributed by atoms with van der Waals surface area (Å²) in [5.74, 6) is -2.52. The van der Waals surface area contributed by atoms with Gasteiger partial charge >= 0.3 is 17.8 Å². The minimum absolute atomic E-state index is 0.0748. The number of hydrazone groups is 1. The minimum Gasteiger partial charge on any atom is -0.478 e. The van der Waals surface area contributed by atoms with Gasteiger partial charge in [0.15, 0.2) is 0 Å². The number of carboxylic acid groups (broad SMARTS) is 1. The fourth-order valence-corrected chi connectivity index (χ4v) is 2.25. The van der Waals surface area contributed by atoms with Crippen molar-refractivity contribution in [1.82, 2.24) is 10.7 Å². The van der Waals surface area contributed by atoms with Crippen molar-refractivity contribution in [2.45, 2.75) is 31.7 Å². The Morgan fingerprint density at radius 1 is 1.09 bits per heavy atom. The van der Waals surface area contributed by atoms with E-state index in [0.29, 0.717) is 5.56 Å². The van der Waals surface area contributed by atoms with E-state index in [0.717, 1.165) is 25.7 Å². The molecule has 0 aromatic heterocycles. The van der Waals surface area contributed by atoms with Crippen LogP contribution in [0.4, 0.5) is 0 Å². The number of amides is 2. The minimum atomic E-state index is -1.01. The number of aromatic carboxylic acids is 1. The molecule has 22 heavy (non-hydrogen) atoms. The quantitative estimate of drug-likeness (QED) is 0.436. The standard InChI is InChI=1S/C15H17N3O4/c19-13(17-12-3-1-2-4-12)14(20)18-16-9-10-5-7-11(8-6-10)15(21)22/h5-9,12H,1-4H2,(H,17,19)(H,18,20)(H,21,22)/b16-9+. The number of nitrogens with zero attached hydrogens (tertiary/aromatic N) is 1. The van der Waals surface area contributed by atoms with E-state index in [2.05, 4.69) is 15.8 Å². The first-order valence-corrected chi connectivity index (χ1v) is 7.03. The maximum Gasteiger partial charge on any atom is 0.335 e. The van der Waals surface area contributed by atoms with Gasteiger partial charge in [0.1, 0.15) is 0 Å². The van der Waals surface area contributed by atoms with Crippen molar-refractivity contribution < 1.29 is 19.5 Å². The summed E-state index contributed by atoms with van der Waals surface area (Å²) in [5.41, 5.74) is 2.92. The van der Waals surface area contributed by atoms with Crippen molar-refractivity contribution in [3.8, 4) is 0 Å². The van der Waals surface area contributed by atoms with Crippen LogP contribution < -0.4 is 10.7 Å². The van der Waals surface area contributed by atoms with Crippen LogP contribution in [0.1, 0.15) is 41.6 Å². The van der Waals surface area contributed by atoms with Gasteiger partial charge in [-0.05, 0) is 30.5 Å². The molecule has 0 saturated heterocycles. The Morgan fingerprint density at radius 3 is 2.32 bits per heavy atom. The van der Waals surface area contributed by atoms with E-state index in [1.54, 1.807) is 12.1 Å². The number of benzene rings is 1. The van der Waals surface area contributed by atoms with Gasteiger partial charge in [0.25, 0.3) is 0 Å². The summed E-state index contributed by atoms with van der Waals surface area (Å²) in [6.07, 6.45) is 5.27. The van der Waals surface area contributed by atoms with Crippen molar-refractivity contribution in [1.29, 1.82) is 0 Å². The lowest BCUT2D eigenvalue weighted by atomic mass is 10.1. The molecule has 1 aliphatic carbocycles. The molecule has 2 rings (SSSR count). The number of hydrogen-bond acceptors (Lipinski definition) is 4. The third kappa shape index (κ3) is 4.41. The Bertz CT molecular complexity index is 589. The molecule has 2 amide bonds. The van der Waals surface area contributed by atoms with Crippen molar-refractivity contribution in [3.63, 3.8) is 0 Å². The molecule has 0 aliphatic heterocycles. The zero-order valence-electron chi connectivity index (χ0n) is 11.9. The smallest absolute Gasteiger partial charge is 0.335 e. The van der Waals surface area contributed by atoms with Crippen molar-refractivity contribution in [2.75, 3.05) is 0 Å². The number of carboxylic acids is 1. The highest BCUT2D eigenvalue weighted by Crippen LogP contribution is 2.17. The Balaban J connectivity index is 1.81. The van der Waals surface area contributed by atoms with Crippen molar-refractivity contribution in [2.24, 2.45) is 5.10 Å². The molecule has 1 aromatic carbocycles. The summed E-state index contributed by atoms with van der Waals surface area (Å²) < 4.78 is 0. The Kier molecular flexibility index (Phi) is 5.24. The van der Waals surface area contributed by atoms with Crippen LogP contribution in [-0.4, -0.2) is 35.1 Å². The van der Waals surface area contributed by atoms with Crippen LogP contribution in [0.2, 0.25) is 0 Å². The number of nitrogens with one attached hydrogen (secondary N) is 2. The van der Waals surface area contributed by atoms with Gasteiger partial charge in [-0.2, -0.15) is 5.10 Å². The molecule has 0 unspecified atom stereocenters. The first kappa shape index (κ1) is 15.7. The molecule has 0 heterocycles. The summed E-state index contributed by atoms with van der Waals surface area (Å²) in [7, 11) is 0. The average Bonchev–Trinajstić information content (AvgIpc) is 3.00. The first-order valence-electron chi connectivity index (χ1n) is 7.03. The predicted molar refractivity (Wildman–Crippen MR) is 79.5 cm³/mol. The van der Waals surface area contributed by atoms with E-state index < -0.39 is 17.8 Å². The Hall–Kier alpha value is -2.70. The van der Waals surface area contributed by atoms with Crippen molar-refractivity contribution >= 4 is 24.0 Å². The summed E-state index contributed by atoms with van der Waals surface area (Å²) in [5, 5.41) is 15.1. The van der Waals surface area contributed by atoms with Crippen molar-refractivity contribution in [3.05, 3.63) is 35.4 Å². The van der Waals surface area contributed by atoms with Gasteiger partial charge in [-0.1, -0.05) is 25.0 Å². The highest BCUT2D eigenvalue weighted by Gasteiger charge is 2.20. The Labute approximate surface area is 127 Å². The summed E-state index contributed by atoms with van der Waals surface area (Å²) in [6, 6.07) is 6.04. The zero-order valence-corrected chi connectivity index (χ0v) is 11.9. The molecular formula is C15H17N3O4. The van der Waals surface area contributed by atoms with E-state index in [9.17, 15) is 14.4 Å². The maximum atomic E-state index is 11.6. The summed E-state index contributed by atoms with van der Waals surface area (Å²) in [4.78, 5) is 33.8. The topological polar surface area (TPSA) is 108 Å². The summed E-state index contributed by atoms with van der Waals surface area (Å²) >= 11 is 0. The molecule has 7 heteroatoms. The van der Waals surface area contributed by atoms with Crippen LogP contribution in [0.25, 0.3) is 0 Å². The maximum absolute atomic E-state index is 11.6. The number of hydrogen-bond donors (Lipinski definition) is 3. The third-order valence-electron chi connectivity index (χ3n) is 3.43. The van der Waals surface area contributed by atoms with Crippen LogP contribution in [0, 0.1) is 0 Å². The lowest BCUT2D eigenvalue weighted by Crippen LogP contribution is -2.42. The lowest BCUT2D eigenvalue weighted by Gasteiger charge is -2.10. The highest BCUT2D eigenvalue weighted by atomic mass is 16.4. The second-order valence-electron chi connectivity index (χ2n) is 5.08. The van der Waals surface area contributed by atoms with Crippen LogP contribution in [0.15, 0.2) is 29.4 Å². The number of carbonyl (C=O) groups excluding carboxylic acids is 2. The van der Waals surface area contributed by atoms with Crippen LogP contribution >= 0.6 is 0 Å². The molecule has 0 spiro atoms. The second kappa shape index (κ2) is 7.35. The van der Waals surface area contributed by atoms with Gasteiger partial charge in [0.2, 0.25) is 0 Å². The second-order valence-corrected chi connectivity index (χ2v) is 5.08. The molecule has 1 saturated carbocycles. The van der Waals surface area contributed by atoms with Crippen LogP contribution in [0.3, 0.4) is 0 Å². The summed E-state index contributed by atoms with van der Waals surface area (Å²) in [6.45, 7) is 0. The molecular weight excluding hydrogens is 286 g/mol. The predicted octanol–water partition coefficient (Wildman–Crippen LogP) is 0.894. The largest absolute Gasteiger partial charge is 0.478 e. The number of rotatable bonds is 4. The molecule has 1 aliphatic rings. The average molecular weight is 303 g/mol. The van der Waals surface area contributed by atoms with Gasteiger partial charge in [-0.3, -0.25) is 9.59 Å². The molecule has 0 bridgehead atoms. The lowest BCUT2D eigenvalue weighted by molar-refractivity contribution is -0.139. The molecule has 7 nitrogen and oxygen atoms in total. The fraction of sp³-hybridized carbons (Fsp3) is 0.333. The normalized spacial score (nSPS) is 14.9. The highest BCUT2D eigenvalue weighted by molar-refractivity contribution is 6.35. The molecule has 0 atom stereocenters. The first-order chi connectivity index (χ1) is 10.6. The molecule has 3 N–H and O–H groups in total. The third-order valence-corrected chi connectivity index (χ3v) is 3.43. The van der Waals surface area contributed by atoms with Gasteiger partial charge < -0.3 is 10.4 Å². The zero-order chi connectivity index (χ0) is 15.9.